The molecule has 5 aromatic rings. The number of hydrogen-bond donors (Lipinski definition) is 6. The number of alkyl halides is 1. The molecule has 1 aromatic heterocycles. The Hall–Kier alpha value is -6.42. The maximum absolute atomic E-state index is 13.9. The lowest BCUT2D eigenvalue weighted by Gasteiger charge is -2.35. The highest BCUT2D eigenvalue weighted by Crippen LogP contribution is 2.37. The van der Waals surface area contributed by atoms with E-state index >= 15 is 0 Å². The van der Waals surface area contributed by atoms with Crippen LogP contribution in [-0.2, 0) is 49.4 Å². The molecular formula is C60H76ClN5O13S. The van der Waals surface area contributed by atoms with Crippen molar-refractivity contribution in [3.05, 3.63) is 131 Å². The van der Waals surface area contributed by atoms with E-state index in [-0.39, 0.29) is 88.0 Å². The molecule has 80 heavy (non-hydrogen) atoms. The van der Waals surface area contributed by atoms with Crippen LogP contribution in [-0.4, -0.2) is 159 Å². The molecule has 432 valence electrons. The average molecular weight is 1140 g/mol. The number of benzene rings is 4. The molecule has 3 atom stereocenters. The molecule has 18 nitrogen and oxygen atoms in total. The van der Waals surface area contributed by atoms with Crippen molar-refractivity contribution in [2.24, 2.45) is 5.41 Å². The minimum atomic E-state index is -0.940. The summed E-state index contributed by atoms with van der Waals surface area (Å²) < 4.78 is 33.7. The monoisotopic (exact) mass is 1140 g/mol. The van der Waals surface area contributed by atoms with Crippen LogP contribution in [0.25, 0.3) is 21.6 Å². The number of rotatable bonds is 33. The van der Waals surface area contributed by atoms with Crippen LogP contribution < -0.4 is 20.7 Å². The van der Waals surface area contributed by atoms with Crippen LogP contribution in [0.1, 0.15) is 74.4 Å². The number of nitrogens with zero attached hydrogens (tertiary/aromatic N) is 2. The Bertz CT molecular complexity index is 2740. The van der Waals surface area contributed by atoms with Gasteiger partial charge in [0.15, 0.2) is 0 Å². The number of ether oxygens (including phenoxy) is 6. The number of amides is 4. The van der Waals surface area contributed by atoms with Gasteiger partial charge in [0, 0.05) is 38.2 Å². The Morgan fingerprint density at radius 3 is 1.74 bits per heavy atom. The number of likely N-dealkylation sites (tertiary alicyclic amines) is 1. The summed E-state index contributed by atoms with van der Waals surface area (Å²) in [4.78, 5) is 59.5. The van der Waals surface area contributed by atoms with Gasteiger partial charge in [0.25, 0.3) is 0 Å². The zero-order valence-corrected chi connectivity index (χ0v) is 47.7. The molecule has 0 saturated carbocycles. The van der Waals surface area contributed by atoms with E-state index in [0.29, 0.717) is 70.8 Å². The maximum Gasteiger partial charge on any atom is 0.246 e. The molecule has 20 heteroatoms. The second-order valence-corrected chi connectivity index (χ2v) is 21.3. The van der Waals surface area contributed by atoms with E-state index in [4.69, 9.17) is 40.0 Å². The second kappa shape index (κ2) is 32.7. The van der Waals surface area contributed by atoms with Crippen LogP contribution in [0.15, 0.2) is 103 Å². The Morgan fingerprint density at radius 2 is 1.21 bits per heavy atom. The Balaban J connectivity index is 0.753. The van der Waals surface area contributed by atoms with Gasteiger partial charge < -0.3 is 64.6 Å². The van der Waals surface area contributed by atoms with Crippen molar-refractivity contribution >= 4 is 57.7 Å². The summed E-state index contributed by atoms with van der Waals surface area (Å²) in [6.45, 7) is 11.3. The van der Waals surface area contributed by atoms with Crippen LogP contribution in [0, 0.1) is 12.3 Å². The van der Waals surface area contributed by atoms with Gasteiger partial charge in [-0.15, -0.1) is 22.9 Å². The van der Waals surface area contributed by atoms with Gasteiger partial charge in [-0.3, -0.25) is 19.2 Å². The first-order valence-corrected chi connectivity index (χ1v) is 28.3. The zero-order chi connectivity index (χ0) is 57.3. The number of carbonyl (C=O) groups excluding carboxylic acids is 4. The number of phenolic OH excluding ortho intramolecular Hbond substituents is 2. The second-order valence-electron chi connectivity index (χ2n) is 20.1. The lowest BCUT2D eigenvalue weighted by atomic mass is 9.85. The highest BCUT2D eigenvalue weighted by atomic mass is 35.5. The topological polar surface area (TPSA) is 237 Å². The standard InChI is InChI=1S/C60H76ClN5O13S/c1-41-56(80-40-64-41)46-7-5-42(6-8-46)38-63-58(72)52-37-49(69)39-66(52)59(73)57(60(2,3)4)65-54(71)23-27-75-30-32-77-34-36-78-35-33-76-31-29-74-26-22-53(70)62-25-28-79-50-19-13-45(14-20-50)55(44-11-17-48(68)18-12-44)51(21-24-61)43-9-15-47(67)16-10-43/h5-20,40,49,52,57,67-69H,21-39H2,1-4H3,(H,62,70)(H,63,72)(H,65,71)/t49-,52+,57-/m1/s1. The number of nitrogens with one attached hydrogen (secondary N) is 3. The summed E-state index contributed by atoms with van der Waals surface area (Å²) in [7, 11) is 0. The third kappa shape index (κ3) is 20.3. The summed E-state index contributed by atoms with van der Waals surface area (Å²) in [5, 5.41) is 39.0. The fraction of sp³-hybridized carbons (Fsp3) is 0.450. The number of aliphatic hydroxyl groups excluding tert-OH is 1. The molecule has 2 heterocycles. The lowest BCUT2D eigenvalue weighted by molar-refractivity contribution is -0.144. The molecule has 6 rings (SSSR count). The molecule has 6 N–H and O–H groups in total. The number of hydrogen-bond acceptors (Lipinski definition) is 15. The number of aromatic nitrogens is 1. The van der Waals surface area contributed by atoms with Crippen molar-refractivity contribution in [1.82, 2.24) is 25.8 Å². The number of halogens is 1. The number of aryl methyl sites for hydroxylation is 1. The SMILES string of the molecule is Cc1ncsc1-c1ccc(CNC(=O)[C@@H]2C[C@@H](O)CN2C(=O)[C@@H](NC(=O)CCOCCOCCOCCOCCOCCC(=O)NCCOc2ccc(C(=C(CCCl)c3ccc(O)cc3)c3ccc(O)cc3)cc2)C(C)(C)C)cc1. The number of allylic oxidation sites excluding steroid dienone is 1. The Labute approximate surface area is 477 Å². The molecule has 0 radical (unpaired) electrons. The molecule has 1 saturated heterocycles. The predicted octanol–water partition coefficient (Wildman–Crippen LogP) is 7.29. The van der Waals surface area contributed by atoms with Crippen molar-refractivity contribution in [3.63, 3.8) is 0 Å². The minimum absolute atomic E-state index is 0.0140. The molecular weight excluding hydrogens is 1070 g/mol. The third-order valence-electron chi connectivity index (χ3n) is 13.0. The number of β-amino-alcohol motifs (C(OH)–C–C–N with tert-alkyl or cyclic N) is 1. The van der Waals surface area contributed by atoms with Crippen LogP contribution in [0.2, 0.25) is 0 Å². The van der Waals surface area contributed by atoms with Crippen LogP contribution in [0.3, 0.4) is 0 Å². The third-order valence-corrected chi connectivity index (χ3v) is 14.2. The zero-order valence-electron chi connectivity index (χ0n) is 46.1. The summed E-state index contributed by atoms with van der Waals surface area (Å²) >= 11 is 7.84. The van der Waals surface area contributed by atoms with Crippen molar-refractivity contribution in [2.75, 3.05) is 91.6 Å². The van der Waals surface area contributed by atoms with E-state index in [1.165, 1.54) is 4.90 Å². The van der Waals surface area contributed by atoms with Gasteiger partial charge in [0.2, 0.25) is 23.6 Å². The first-order valence-electron chi connectivity index (χ1n) is 26.9. The average Bonchev–Trinajstić information content (AvgIpc) is 4.07. The van der Waals surface area contributed by atoms with Gasteiger partial charge in [-0.2, -0.15) is 0 Å². The smallest absolute Gasteiger partial charge is 0.246 e. The van der Waals surface area contributed by atoms with Crippen LogP contribution >= 0.6 is 22.9 Å². The maximum atomic E-state index is 13.9. The normalized spacial score (nSPS) is 15.1. The molecule has 0 bridgehead atoms. The lowest BCUT2D eigenvalue weighted by Crippen LogP contribution is -2.57. The summed E-state index contributed by atoms with van der Waals surface area (Å²) in [5.41, 5.74) is 8.70. The van der Waals surface area contributed by atoms with E-state index in [9.17, 15) is 34.5 Å². The fourth-order valence-electron chi connectivity index (χ4n) is 8.80. The molecule has 0 unspecified atom stereocenters. The number of thiazole rings is 1. The van der Waals surface area contributed by atoms with Crippen molar-refractivity contribution in [1.29, 1.82) is 0 Å². The minimum Gasteiger partial charge on any atom is -0.508 e. The van der Waals surface area contributed by atoms with E-state index in [2.05, 4.69) is 20.9 Å². The van der Waals surface area contributed by atoms with Crippen molar-refractivity contribution < 1.29 is 62.9 Å². The summed E-state index contributed by atoms with van der Waals surface area (Å²) in [5.74, 6) is 0.0273. The van der Waals surface area contributed by atoms with Crippen LogP contribution in [0.5, 0.6) is 17.2 Å². The highest BCUT2D eigenvalue weighted by Gasteiger charge is 2.44. The molecule has 1 aliphatic rings. The molecule has 0 spiro atoms. The number of aromatic hydroxyl groups is 2. The van der Waals surface area contributed by atoms with E-state index < -0.39 is 29.5 Å². The molecule has 1 aliphatic heterocycles. The van der Waals surface area contributed by atoms with E-state index in [0.717, 1.165) is 49.5 Å². The first-order chi connectivity index (χ1) is 38.6. The van der Waals surface area contributed by atoms with Gasteiger partial charge in [0.1, 0.15) is 35.9 Å². The highest BCUT2D eigenvalue weighted by molar-refractivity contribution is 7.13. The first kappa shape index (κ1) is 62.8. The van der Waals surface area contributed by atoms with Gasteiger partial charge in [-0.05, 0) is 94.1 Å². The molecule has 4 aromatic carbocycles. The summed E-state index contributed by atoms with van der Waals surface area (Å²) in [6, 6.07) is 27.7. The number of carbonyl (C=O) groups is 4. The molecule has 0 aliphatic carbocycles. The number of aliphatic hydroxyl groups is 1. The largest absolute Gasteiger partial charge is 0.508 e. The molecule has 4 amide bonds. The summed E-state index contributed by atoms with van der Waals surface area (Å²) in [6.07, 6.45) is 0.00897. The Kier molecular flexibility index (Phi) is 25.7. The predicted molar refractivity (Wildman–Crippen MR) is 307 cm³/mol. The van der Waals surface area contributed by atoms with Crippen molar-refractivity contribution in [2.45, 2.75) is 78.1 Å². The fourth-order valence-corrected chi connectivity index (χ4v) is 9.81. The van der Waals surface area contributed by atoms with Gasteiger partial charge in [-0.25, -0.2) is 4.98 Å². The van der Waals surface area contributed by atoms with Crippen molar-refractivity contribution in [3.8, 4) is 27.7 Å². The van der Waals surface area contributed by atoms with Gasteiger partial charge in [-0.1, -0.05) is 81.4 Å². The Morgan fingerprint density at radius 1 is 0.688 bits per heavy atom. The van der Waals surface area contributed by atoms with Gasteiger partial charge >= 0.3 is 0 Å². The van der Waals surface area contributed by atoms with E-state index in [1.54, 1.807) is 35.6 Å². The number of phenols is 2. The quantitative estimate of drug-likeness (QED) is 0.0138. The molecule has 1 fully saturated rings. The van der Waals surface area contributed by atoms with E-state index in [1.807, 2.05) is 106 Å². The van der Waals surface area contributed by atoms with Crippen LogP contribution in [0.4, 0.5) is 0 Å². The van der Waals surface area contributed by atoms with Gasteiger partial charge in [0.05, 0.1) is 94.8 Å².